The van der Waals surface area contributed by atoms with Crippen LogP contribution in [-0.4, -0.2) is 62.0 Å². The minimum atomic E-state index is 0.690. The van der Waals surface area contributed by atoms with Gasteiger partial charge in [-0.2, -0.15) is 0 Å². The van der Waals surface area contributed by atoms with Crippen molar-refractivity contribution in [2.45, 2.75) is 19.4 Å². The Morgan fingerprint density at radius 2 is 1.85 bits per heavy atom. The minimum Gasteiger partial charge on any atom is -0.357 e. The third-order valence-corrected chi connectivity index (χ3v) is 3.44. The summed E-state index contributed by atoms with van der Waals surface area (Å²) in [5, 5.41) is 0. The molecule has 1 aliphatic rings. The number of rotatable bonds is 3. The average Bonchev–Trinajstić information content (AvgIpc) is 2.92. The van der Waals surface area contributed by atoms with Crippen LogP contribution in [0.25, 0.3) is 0 Å². The van der Waals surface area contributed by atoms with E-state index in [0.717, 1.165) is 24.9 Å². The summed E-state index contributed by atoms with van der Waals surface area (Å²) in [7, 11) is 8.06. The van der Waals surface area contributed by atoms with E-state index in [9.17, 15) is 0 Å². The van der Waals surface area contributed by atoms with E-state index in [1.54, 1.807) is 0 Å². The van der Waals surface area contributed by atoms with Crippen molar-refractivity contribution in [2.24, 2.45) is 4.99 Å². The highest BCUT2D eigenvalue weighted by atomic mass is 15.3. The lowest BCUT2D eigenvalue weighted by Crippen LogP contribution is -2.35. The van der Waals surface area contributed by atoms with Gasteiger partial charge in [0.05, 0.1) is 6.54 Å². The summed E-state index contributed by atoms with van der Waals surface area (Å²) in [5.74, 6) is 2.07. The number of guanidine groups is 1. The molecule has 2 rings (SSSR count). The van der Waals surface area contributed by atoms with Crippen LogP contribution in [0.15, 0.2) is 23.3 Å². The first-order valence-corrected chi connectivity index (χ1v) is 7.17. The zero-order chi connectivity index (χ0) is 14.5. The van der Waals surface area contributed by atoms with Crippen LogP contribution < -0.4 is 4.90 Å². The van der Waals surface area contributed by atoms with Crippen molar-refractivity contribution in [3.63, 3.8) is 0 Å². The quantitative estimate of drug-likeness (QED) is 0.621. The predicted octanol–water partition coefficient (Wildman–Crippen LogP) is 1.66. The third-order valence-electron chi connectivity index (χ3n) is 3.44. The molecule has 5 nitrogen and oxygen atoms in total. The third kappa shape index (κ3) is 3.62. The van der Waals surface area contributed by atoms with Gasteiger partial charge in [0, 0.05) is 47.5 Å². The number of hydrogen-bond acceptors (Lipinski definition) is 3. The van der Waals surface area contributed by atoms with Gasteiger partial charge in [0.1, 0.15) is 5.82 Å². The van der Waals surface area contributed by atoms with Gasteiger partial charge in [-0.25, -0.2) is 9.98 Å². The molecule has 0 amide bonds. The van der Waals surface area contributed by atoms with Crippen LogP contribution in [0, 0.1) is 0 Å². The van der Waals surface area contributed by atoms with Gasteiger partial charge in [0.15, 0.2) is 5.96 Å². The molecule has 0 saturated carbocycles. The van der Waals surface area contributed by atoms with E-state index in [1.807, 2.05) is 50.3 Å². The number of nitrogens with zero attached hydrogens (tertiary/aromatic N) is 5. The molecule has 1 fully saturated rings. The maximum absolute atomic E-state index is 4.68. The van der Waals surface area contributed by atoms with Crippen LogP contribution in [-0.2, 0) is 6.54 Å². The summed E-state index contributed by atoms with van der Waals surface area (Å²) in [4.78, 5) is 15.6. The maximum Gasteiger partial charge on any atom is 0.195 e. The van der Waals surface area contributed by atoms with E-state index in [4.69, 9.17) is 0 Å². The second-order valence-corrected chi connectivity index (χ2v) is 5.62. The van der Waals surface area contributed by atoms with Crippen LogP contribution in [0.3, 0.4) is 0 Å². The Bertz CT molecular complexity index is 451. The molecule has 0 aliphatic carbocycles. The lowest BCUT2D eigenvalue weighted by molar-refractivity contribution is 0.479. The molecule has 110 valence electrons. The van der Waals surface area contributed by atoms with E-state index in [0.29, 0.717) is 6.54 Å². The fourth-order valence-corrected chi connectivity index (χ4v) is 2.52. The molecular weight excluding hydrogens is 250 g/mol. The lowest BCUT2D eigenvalue weighted by Gasteiger charge is -2.22. The molecule has 2 heterocycles. The normalized spacial score (nSPS) is 14.3. The number of anilines is 1. The molecule has 1 aromatic rings. The van der Waals surface area contributed by atoms with Gasteiger partial charge in [-0.1, -0.05) is 0 Å². The molecule has 0 spiro atoms. The van der Waals surface area contributed by atoms with Crippen LogP contribution in [0.1, 0.15) is 18.4 Å². The van der Waals surface area contributed by atoms with Crippen LogP contribution in [0.2, 0.25) is 0 Å². The van der Waals surface area contributed by atoms with Crippen molar-refractivity contribution >= 4 is 11.8 Å². The smallest absolute Gasteiger partial charge is 0.195 e. The molecule has 0 unspecified atom stereocenters. The van der Waals surface area contributed by atoms with Crippen molar-refractivity contribution in [1.29, 1.82) is 0 Å². The van der Waals surface area contributed by atoms with E-state index >= 15 is 0 Å². The van der Waals surface area contributed by atoms with E-state index < -0.39 is 0 Å². The molecule has 0 N–H and O–H groups in total. The first-order chi connectivity index (χ1) is 9.58. The highest BCUT2D eigenvalue weighted by Gasteiger charge is 2.13. The fourth-order valence-electron chi connectivity index (χ4n) is 2.52. The lowest BCUT2D eigenvalue weighted by atomic mass is 10.2. The van der Waals surface area contributed by atoms with Gasteiger partial charge in [-0.3, -0.25) is 0 Å². The first-order valence-electron chi connectivity index (χ1n) is 7.17. The number of pyridine rings is 1. The number of aliphatic imine (C=N–C) groups is 1. The molecule has 0 atom stereocenters. The molecule has 0 aromatic carbocycles. The van der Waals surface area contributed by atoms with E-state index in [-0.39, 0.29) is 0 Å². The fraction of sp³-hybridized carbons (Fsp3) is 0.600. The standard InChI is InChI=1S/C15H25N5/c1-18(2)15(19(3)4)17-12-13-7-8-16-14(11-13)20-9-5-6-10-20/h7-8,11H,5-6,9-10,12H2,1-4H3. The second-order valence-electron chi connectivity index (χ2n) is 5.62. The molecule has 0 bridgehead atoms. The molecule has 5 heteroatoms. The van der Waals surface area contributed by atoms with Gasteiger partial charge in [0.2, 0.25) is 0 Å². The molecule has 20 heavy (non-hydrogen) atoms. The summed E-state index contributed by atoms with van der Waals surface area (Å²) < 4.78 is 0. The Morgan fingerprint density at radius 1 is 1.20 bits per heavy atom. The Labute approximate surface area is 121 Å². The van der Waals surface area contributed by atoms with Gasteiger partial charge in [0.25, 0.3) is 0 Å². The van der Waals surface area contributed by atoms with Crippen LogP contribution in [0.5, 0.6) is 0 Å². The summed E-state index contributed by atoms with van der Waals surface area (Å²) in [6.45, 7) is 2.94. The Hall–Kier alpha value is -1.78. The SMILES string of the molecule is CN(C)C(=NCc1ccnc(N2CCCC2)c1)N(C)C. The van der Waals surface area contributed by atoms with Gasteiger partial charge < -0.3 is 14.7 Å². The van der Waals surface area contributed by atoms with Crippen molar-refractivity contribution in [1.82, 2.24) is 14.8 Å². The van der Waals surface area contributed by atoms with Crippen LogP contribution in [0.4, 0.5) is 5.82 Å². The molecule has 1 aliphatic heterocycles. The molecular formula is C15H25N5. The largest absolute Gasteiger partial charge is 0.357 e. The highest BCUT2D eigenvalue weighted by Crippen LogP contribution is 2.18. The van der Waals surface area contributed by atoms with Crippen molar-refractivity contribution in [3.05, 3.63) is 23.9 Å². The van der Waals surface area contributed by atoms with Crippen molar-refractivity contribution < 1.29 is 0 Å². The molecule has 1 aromatic heterocycles. The first kappa shape index (κ1) is 14.6. The Kier molecular flexibility index (Phi) is 4.82. The monoisotopic (exact) mass is 275 g/mol. The topological polar surface area (TPSA) is 35.0 Å². The van der Waals surface area contributed by atoms with Crippen LogP contribution >= 0.6 is 0 Å². The molecule has 0 radical (unpaired) electrons. The summed E-state index contributed by atoms with van der Waals surface area (Å²) in [6, 6.07) is 4.21. The van der Waals surface area contributed by atoms with E-state index in [2.05, 4.69) is 20.9 Å². The Balaban J connectivity index is 2.09. The van der Waals surface area contributed by atoms with Gasteiger partial charge in [-0.05, 0) is 30.5 Å². The zero-order valence-electron chi connectivity index (χ0n) is 13.0. The summed E-state index contributed by atoms with van der Waals surface area (Å²) in [6.07, 6.45) is 4.44. The summed E-state index contributed by atoms with van der Waals surface area (Å²) >= 11 is 0. The molecule has 1 saturated heterocycles. The predicted molar refractivity (Wildman–Crippen MR) is 84.2 cm³/mol. The zero-order valence-corrected chi connectivity index (χ0v) is 13.0. The van der Waals surface area contributed by atoms with Gasteiger partial charge >= 0.3 is 0 Å². The maximum atomic E-state index is 4.68. The average molecular weight is 275 g/mol. The van der Waals surface area contributed by atoms with Crippen molar-refractivity contribution in [2.75, 3.05) is 46.2 Å². The van der Waals surface area contributed by atoms with Gasteiger partial charge in [-0.15, -0.1) is 0 Å². The highest BCUT2D eigenvalue weighted by molar-refractivity contribution is 5.79. The van der Waals surface area contributed by atoms with E-state index in [1.165, 1.54) is 18.4 Å². The number of aromatic nitrogens is 1. The van der Waals surface area contributed by atoms with Crippen molar-refractivity contribution in [3.8, 4) is 0 Å². The number of hydrogen-bond donors (Lipinski definition) is 0. The second kappa shape index (κ2) is 6.59. The minimum absolute atomic E-state index is 0.690. The summed E-state index contributed by atoms with van der Waals surface area (Å²) in [5.41, 5.74) is 1.21. The Morgan fingerprint density at radius 3 is 2.45 bits per heavy atom.